The van der Waals surface area contributed by atoms with E-state index in [1.54, 1.807) is 0 Å². The van der Waals surface area contributed by atoms with E-state index < -0.39 is 0 Å². The summed E-state index contributed by atoms with van der Waals surface area (Å²) >= 11 is 3.48. The SMILES string of the molecule is CC(NC(=O)C1CCCCCCC1)c1cccc(Br)c1. The monoisotopic (exact) mass is 337 g/mol. The van der Waals surface area contributed by atoms with E-state index in [-0.39, 0.29) is 17.9 Å². The Labute approximate surface area is 130 Å². The molecule has 1 fully saturated rings. The first kappa shape index (κ1) is 15.6. The molecule has 0 spiro atoms. The molecule has 20 heavy (non-hydrogen) atoms. The Morgan fingerprint density at radius 3 is 2.50 bits per heavy atom. The van der Waals surface area contributed by atoms with Crippen molar-refractivity contribution in [3.63, 3.8) is 0 Å². The Balaban J connectivity index is 1.92. The first-order valence-electron chi connectivity index (χ1n) is 7.72. The maximum absolute atomic E-state index is 12.4. The van der Waals surface area contributed by atoms with Crippen molar-refractivity contribution in [3.05, 3.63) is 34.3 Å². The number of carbonyl (C=O) groups excluding carboxylic acids is 1. The van der Waals surface area contributed by atoms with Crippen LogP contribution in [0, 0.1) is 5.92 Å². The number of halogens is 1. The largest absolute Gasteiger partial charge is 0.349 e. The Morgan fingerprint density at radius 1 is 1.20 bits per heavy atom. The topological polar surface area (TPSA) is 29.1 Å². The van der Waals surface area contributed by atoms with Crippen LogP contribution in [0.3, 0.4) is 0 Å². The molecule has 0 aromatic heterocycles. The van der Waals surface area contributed by atoms with Crippen molar-refractivity contribution in [1.29, 1.82) is 0 Å². The van der Waals surface area contributed by atoms with Gasteiger partial charge in [-0.05, 0) is 37.5 Å². The van der Waals surface area contributed by atoms with Gasteiger partial charge in [-0.1, -0.05) is 60.2 Å². The lowest BCUT2D eigenvalue weighted by Crippen LogP contribution is -2.33. The number of hydrogen-bond donors (Lipinski definition) is 1. The summed E-state index contributed by atoms with van der Waals surface area (Å²) in [6.45, 7) is 2.06. The maximum Gasteiger partial charge on any atom is 0.223 e. The minimum Gasteiger partial charge on any atom is -0.349 e. The van der Waals surface area contributed by atoms with E-state index >= 15 is 0 Å². The molecule has 1 amide bonds. The van der Waals surface area contributed by atoms with Gasteiger partial charge in [0.15, 0.2) is 0 Å². The van der Waals surface area contributed by atoms with E-state index in [0.29, 0.717) is 0 Å². The van der Waals surface area contributed by atoms with Crippen molar-refractivity contribution in [3.8, 4) is 0 Å². The first-order chi connectivity index (χ1) is 9.66. The molecule has 1 unspecified atom stereocenters. The number of rotatable bonds is 3. The van der Waals surface area contributed by atoms with E-state index in [9.17, 15) is 4.79 Å². The van der Waals surface area contributed by atoms with Gasteiger partial charge >= 0.3 is 0 Å². The predicted octanol–water partition coefficient (Wildman–Crippen LogP) is 4.99. The van der Waals surface area contributed by atoms with Gasteiger partial charge in [-0.25, -0.2) is 0 Å². The van der Waals surface area contributed by atoms with Crippen molar-refractivity contribution >= 4 is 21.8 Å². The van der Waals surface area contributed by atoms with Crippen molar-refractivity contribution < 1.29 is 4.79 Å². The molecular formula is C17H24BrNO. The van der Waals surface area contributed by atoms with Crippen LogP contribution in [0.4, 0.5) is 0 Å². The number of amides is 1. The minimum absolute atomic E-state index is 0.0745. The van der Waals surface area contributed by atoms with Gasteiger partial charge in [0.2, 0.25) is 5.91 Å². The molecule has 110 valence electrons. The second kappa shape index (κ2) is 7.82. The fraction of sp³-hybridized carbons (Fsp3) is 0.588. The van der Waals surface area contributed by atoms with Gasteiger partial charge in [0, 0.05) is 10.4 Å². The van der Waals surface area contributed by atoms with Gasteiger partial charge in [-0.3, -0.25) is 4.79 Å². The summed E-state index contributed by atoms with van der Waals surface area (Å²) in [5, 5.41) is 3.18. The average molecular weight is 338 g/mol. The lowest BCUT2D eigenvalue weighted by molar-refractivity contribution is -0.126. The van der Waals surface area contributed by atoms with Gasteiger partial charge in [0.05, 0.1) is 6.04 Å². The van der Waals surface area contributed by atoms with E-state index in [1.165, 1.54) is 32.1 Å². The molecule has 3 heteroatoms. The molecule has 1 aliphatic carbocycles. The van der Waals surface area contributed by atoms with Crippen LogP contribution in [0.15, 0.2) is 28.7 Å². The van der Waals surface area contributed by atoms with E-state index in [1.807, 2.05) is 12.1 Å². The predicted molar refractivity (Wildman–Crippen MR) is 86.5 cm³/mol. The number of nitrogens with one attached hydrogen (secondary N) is 1. The molecule has 1 N–H and O–H groups in total. The number of carbonyl (C=O) groups is 1. The normalized spacial score (nSPS) is 18.9. The summed E-state index contributed by atoms with van der Waals surface area (Å²) in [5.41, 5.74) is 1.15. The zero-order chi connectivity index (χ0) is 14.4. The lowest BCUT2D eigenvalue weighted by Gasteiger charge is -2.22. The molecule has 1 atom stereocenters. The molecule has 2 nitrogen and oxygen atoms in total. The van der Waals surface area contributed by atoms with Gasteiger partial charge in [0.25, 0.3) is 0 Å². The molecule has 0 aliphatic heterocycles. The van der Waals surface area contributed by atoms with Gasteiger partial charge in [-0.15, -0.1) is 0 Å². The molecular weight excluding hydrogens is 314 g/mol. The van der Waals surface area contributed by atoms with Crippen LogP contribution in [-0.4, -0.2) is 5.91 Å². The third-order valence-electron chi connectivity index (χ3n) is 4.18. The first-order valence-corrected chi connectivity index (χ1v) is 8.52. The standard InChI is InChI=1S/C17H24BrNO/c1-13(15-10-7-11-16(18)12-15)19-17(20)14-8-5-3-2-4-6-9-14/h7,10-14H,2-6,8-9H2,1H3,(H,19,20). The van der Waals surface area contributed by atoms with Crippen LogP contribution in [0.5, 0.6) is 0 Å². The van der Waals surface area contributed by atoms with Crippen LogP contribution < -0.4 is 5.32 Å². The summed E-state index contributed by atoms with van der Waals surface area (Å²) in [6.07, 6.45) is 8.40. The highest BCUT2D eigenvalue weighted by Gasteiger charge is 2.21. The smallest absolute Gasteiger partial charge is 0.223 e. The van der Waals surface area contributed by atoms with Crippen molar-refractivity contribution in [2.45, 2.75) is 57.9 Å². The quantitative estimate of drug-likeness (QED) is 0.827. The molecule has 1 aromatic rings. The summed E-state index contributed by atoms with van der Waals surface area (Å²) < 4.78 is 1.06. The molecule has 1 aromatic carbocycles. The van der Waals surface area contributed by atoms with Crippen molar-refractivity contribution in [2.75, 3.05) is 0 Å². The summed E-state index contributed by atoms with van der Waals surface area (Å²) in [7, 11) is 0. The van der Waals surface area contributed by atoms with E-state index in [2.05, 4.69) is 40.3 Å². The highest BCUT2D eigenvalue weighted by Crippen LogP contribution is 2.24. The van der Waals surface area contributed by atoms with E-state index in [4.69, 9.17) is 0 Å². The molecule has 0 bridgehead atoms. The fourth-order valence-corrected chi connectivity index (χ4v) is 3.33. The third kappa shape index (κ3) is 4.62. The fourth-order valence-electron chi connectivity index (χ4n) is 2.91. The maximum atomic E-state index is 12.4. The average Bonchev–Trinajstić information content (AvgIpc) is 2.38. The molecule has 1 saturated carbocycles. The second-order valence-corrected chi connectivity index (χ2v) is 6.74. The summed E-state index contributed by atoms with van der Waals surface area (Å²) in [6, 6.07) is 8.23. The summed E-state index contributed by atoms with van der Waals surface area (Å²) in [5.74, 6) is 0.448. The lowest BCUT2D eigenvalue weighted by atomic mass is 9.90. The van der Waals surface area contributed by atoms with Crippen LogP contribution in [0.25, 0.3) is 0 Å². The molecule has 0 heterocycles. The number of hydrogen-bond acceptors (Lipinski definition) is 1. The van der Waals surface area contributed by atoms with Crippen LogP contribution >= 0.6 is 15.9 Å². The zero-order valence-corrected chi connectivity index (χ0v) is 13.8. The highest BCUT2D eigenvalue weighted by atomic mass is 79.9. The third-order valence-corrected chi connectivity index (χ3v) is 4.68. The van der Waals surface area contributed by atoms with Crippen molar-refractivity contribution in [1.82, 2.24) is 5.32 Å². The molecule has 2 rings (SSSR count). The van der Waals surface area contributed by atoms with Crippen molar-refractivity contribution in [2.24, 2.45) is 5.92 Å². The van der Waals surface area contributed by atoms with Crippen LogP contribution in [0.2, 0.25) is 0 Å². The molecule has 0 saturated heterocycles. The summed E-state index contributed by atoms with van der Waals surface area (Å²) in [4.78, 5) is 12.4. The number of benzene rings is 1. The molecule has 1 aliphatic rings. The Bertz CT molecular complexity index is 438. The molecule has 0 radical (unpaired) electrons. The second-order valence-electron chi connectivity index (χ2n) is 5.83. The van der Waals surface area contributed by atoms with Gasteiger partial charge < -0.3 is 5.32 Å². The Morgan fingerprint density at radius 2 is 1.85 bits per heavy atom. The van der Waals surface area contributed by atoms with E-state index in [0.717, 1.165) is 22.9 Å². The zero-order valence-electron chi connectivity index (χ0n) is 12.2. The minimum atomic E-state index is 0.0745. The van der Waals surface area contributed by atoms with Crippen LogP contribution in [0.1, 0.15) is 63.5 Å². The Hall–Kier alpha value is -0.830. The van der Waals surface area contributed by atoms with Gasteiger partial charge in [0.1, 0.15) is 0 Å². The van der Waals surface area contributed by atoms with Gasteiger partial charge in [-0.2, -0.15) is 0 Å². The van der Waals surface area contributed by atoms with Crippen LogP contribution in [-0.2, 0) is 4.79 Å². The highest BCUT2D eigenvalue weighted by molar-refractivity contribution is 9.10. The Kier molecular flexibility index (Phi) is 6.08.